The molecule has 0 amide bonds. The van der Waals surface area contributed by atoms with E-state index in [1.807, 2.05) is 54.6 Å². The fourth-order valence-electron chi connectivity index (χ4n) is 2.56. The van der Waals surface area contributed by atoms with E-state index in [0.717, 1.165) is 29.5 Å². The molecule has 0 aliphatic rings. The van der Waals surface area contributed by atoms with Crippen molar-refractivity contribution in [2.24, 2.45) is 0 Å². The lowest BCUT2D eigenvalue weighted by atomic mass is 10.0. The standard InChI is InChI=1S/C21H19NO3/c23-21(24)19-12-9-16(10-13-19)8-11-18-7-4-14-22-20(18)25-15-17-5-2-1-3-6-17/h1-7,9-10,12-14H,8,11,15H2,(H,23,24). The molecule has 1 heterocycles. The van der Waals surface area contributed by atoms with Gasteiger partial charge in [0.15, 0.2) is 0 Å². The summed E-state index contributed by atoms with van der Waals surface area (Å²) in [6.07, 6.45) is 3.31. The fourth-order valence-corrected chi connectivity index (χ4v) is 2.56. The Labute approximate surface area is 146 Å². The molecular weight excluding hydrogens is 314 g/mol. The Morgan fingerprint density at radius 1 is 0.880 bits per heavy atom. The van der Waals surface area contributed by atoms with Crippen LogP contribution in [0.2, 0.25) is 0 Å². The van der Waals surface area contributed by atoms with E-state index in [2.05, 4.69) is 4.98 Å². The monoisotopic (exact) mass is 333 g/mol. The zero-order chi connectivity index (χ0) is 17.5. The Balaban J connectivity index is 1.63. The second-order valence-electron chi connectivity index (χ2n) is 5.74. The molecule has 1 aromatic heterocycles. The van der Waals surface area contributed by atoms with Gasteiger partial charge in [-0.3, -0.25) is 0 Å². The van der Waals surface area contributed by atoms with E-state index in [9.17, 15) is 4.79 Å². The predicted octanol–water partition coefficient (Wildman–Crippen LogP) is 4.14. The molecule has 0 atom stereocenters. The molecule has 4 nitrogen and oxygen atoms in total. The Morgan fingerprint density at radius 3 is 2.36 bits per heavy atom. The number of benzene rings is 2. The molecule has 2 aromatic carbocycles. The number of aryl methyl sites for hydroxylation is 2. The van der Waals surface area contributed by atoms with Crippen LogP contribution in [-0.4, -0.2) is 16.1 Å². The van der Waals surface area contributed by atoms with Crippen LogP contribution in [0.5, 0.6) is 5.88 Å². The molecule has 126 valence electrons. The van der Waals surface area contributed by atoms with E-state index < -0.39 is 5.97 Å². The van der Waals surface area contributed by atoms with Crippen LogP contribution < -0.4 is 4.74 Å². The van der Waals surface area contributed by atoms with E-state index in [1.165, 1.54) is 0 Å². The van der Waals surface area contributed by atoms with Crippen molar-refractivity contribution in [2.45, 2.75) is 19.4 Å². The second-order valence-corrected chi connectivity index (χ2v) is 5.74. The van der Waals surface area contributed by atoms with Crippen LogP contribution in [0.1, 0.15) is 27.0 Å². The third kappa shape index (κ3) is 4.67. The van der Waals surface area contributed by atoms with Gasteiger partial charge in [0.2, 0.25) is 5.88 Å². The van der Waals surface area contributed by atoms with Crippen LogP contribution in [-0.2, 0) is 19.4 Å². The molecule has 4 heteroatoms. The maximum Gasteiger partial charge on any atom is 0.335 e. The third-order valence-corrected chi connectivity index (χ3v) is 3.95. The van der Waals surface area contributed by atoms with Gasteiger partial charge in [0.25, 0.3) is 0 Å². The van der Waals surface area contributed by atoms with Gasteiger partial charge in [-0.15, -0.1) is 0 Å². The van der Waals surface area contributed by atoms with Crippen molar-refractivity contribution < 1.29 is 14.6 Å². The predicted molar refractivity (Wildman–Crippen MR) is 95.8 cm³/mol. The Morgan fingerprint density at radius 2 is 1.64 bits per heavy atom. The molecule has 0 spiro atoms. The average molecular weight is 333 g/mol. The topological polar surface area (TPSA) is 59.4 Å². The number of rotatable bonds is 7. The van der Waals surface area contributed by atoms with Crippen molar-refractivity contribution >= 4 is 5.97 Å². The van der Waals surface area contributed by atoms with Gasteiger partial charge in [-0.2, -0.15) is 0 Å². The van der Waals surface area contributed by atoms with Crippen molar-refractivity contribution in [1.82, 2.24) is 4.98 Å². The summed E-state index contributed by atoms with van der Waals surface area (Å²) in [7, 11) is 0. The quantitative estimate of drug-likeness (QED) is 0.706. The lowest BCUT2D eigenvalue weighted by Crippen LogP contribution is -2.02. The number of carboxylic acids is 1. The minimum atomic E-state index is -0.907. The minimum Gasteiger partial charge on any atom is -0.478 e. The number of aromatic nitrogens is 1. The number of nitrogens with zero attached hydrogens (tertiary/aromatic N) is 1. The summed E-state index contributed by atoms with van der Waals surface area (Å²) in [5.41, 5.74) is 3.53. The zero-order valence-electron chi connectivity index (χ0n) is 13.8. The first-order valence-corrected chi connectivity index (χ1v) is 8.15. The number of aromatic carboxylic acids is 1. The number of hydrogen-bond donors (Lipinski definition) is 1. The molecule has 25 heavy (non-hydrogen) atoms. The van der Waals surface area contributed by atoms with Crippen LogP contribution in [0.15, 0.2) is 72.9 Å². The minimum absolute atomic E-state index is 0.303. The Bertz CT molecular complexity index is 829. The van der Waals surface area contributed by atoms with Gasteiger partial charge in [0.05, 0.1) is 5.56 Å². The fraction of sp³-hybridized carbons (Fsp3) is 0.143. The average Bonchev–Trinajstić information content (AvgIpc) is 2.66. The first kappa shape index (κ1) is 16.7. The number of carboxylic acid groups (broad SMARTS) is 1. The van der Waals surface area contributed by atoms with Gasteiger partial charge >= 0.3 is 5.97 Å². The van der Waals surface area contributed by atoms with Gasteiger partial charge in [0, 0.05) is 11.8 Å². The highest BCUT2D eigenvalue weighted by Crippen LogP contribution is 2.19. The molecule has 1 N–H and O–H groups in total. The van der Waals surface area contributed by atoms with Crippen molar-refractivity contribution in [1.29, 1.82) is 0 Å². The summed E-state index contributed by atoms with van der Waals surface area (Å²) in [5.74, 6) is -0.260. The molecule has 0 fully saturated rings. The third-order valence-electron chi connectivity index (χ3n) is 3.95. The number of carbonyl (C=O) groups is 1. The number of ether oxygens (including phenoxy) is 1. The van der Waals surface area contributed by atoms with E-state index >= 15 is 0 Å². The number of pyridine rings is 1. The van der Waals surface area contributed by atoms with Crippen molar-refractivity contribution in [2.75, 3.05) is 0 Å². The first-order chi connectivity index (χ1) is 12.2. The molecule has 0 unspecified atom stereocenters. The van der Waals surface area contributed by atoms with Crippen molar-refractivity contribution in [3.63, 3.8) is 0 Å². The first-order valence-electron chi connectivity index (χ1n) is 8.15. The SMILES string of the molecule is O=C(O)c1ccc(CCc2cccnc2OCc2ccccc2)cc1. The Hall–Kier alpha value is -3.14. The van der Waals surface area contributed by atoms with Crippen LogP contribution in [0.3, 0.4) is 0 Å². The molecule has 0 saturated carbocycles. The smallest absolute Gasteiger partial charge is 0.335 e. The highest BCUT2D eigenvalue weighted by Gasteiger charge is 2.07. The second kappa shape index (κ2) is 8.11. The molecule has 3 rings (SSSR count). The molecular formula is C21H19NO3. The van der Waals surface area contributed by atoms with Gasteiger partial charge in [0.1, 0.15) is 6.61 Å². The molecule has 0 bridgehead atoms. The Kier molecular flexibility index (Phi) is 5.42. The highest BCUT2D eigenvalue weighted by atomic mass is 16.5. The largest absolute Gasteiger partial charge is 0.478 e. The summed E-state index contributed by atoms with van der Waals surface area (Å²) in [6, 6.07) is 20.9. The summed E-state index contributed by atoms with van der Waals surface area (Å²) < 4.78 is 5.87. The van der Waals surface area contributed by atoms with Crippen molar-refractivity contribution in [3.8, 4) is 5.88 Å². The van der Waals surface area contributed by atoms with Gasteiger partial charge in [-0.05, 0) is 42.2 Å². The number of hydrogen-bond acceptors (Lipinski definition) is 3. The van der Waals surface area contributed by atoms with E-state index in [0.29, 0.717) is 18.1 Å². The molecule has 0 saturated heterocycles. The molecule has 0 radical (unpaired) electrons. The maximum absolute atomic E-state index is 10.9. The van der Waals surface area contributed by atoms with E-state index in [-0.39, 0.29) is 0 Å². The maximum atomic E-state index is 10.9. The van der Waals surface area contributed by atoms with Crippen LogP contribution >= 0.6 is 0 Å². The van der Waals surface area contributed by atoms with Gasteiger partial charge in [-0.1, -0.05) is 48.5 Å². The molecule has 0 aliphatic carbocycles. The highest BCUT2D eigenvalue weighted by molar-refractivity contribution is 5.87. The van der Waals surface area contributed by atoms with Gasteiger partial charge in [-0.25, -0.2) is 9.78 Å². The summed E-state index contributed by atoms with van der Waals surface area (Å²) in [6.45, 7) is 0.484. The summed E-state index contributed by atoms with van der Waals surface area (Å²) in [4.78, 5) is 15.2. The van der Waals surface area contributed by atoms with Crippen molar-refractivity contribution in [3.05, 3.63) is 95.2 Å². The van der Waals surface area contributed by atoms with Crippen LogP contribution in [0.4, 0.5) is 0 Å². The van der Waals surface area contributed by atoms with Crippen LogP contribution in [0.25, 0.3) is 0 Å². The van der Waals surface area contributed by atoms with Crippen LogP contribution in [0, 0.1) is 0 Å². The summed E-state index contributed by atoms with van der Waals surface area (Å²) in [5, 5.41) is 8.95. The summed E-state index contributed by atoms with van der Waals surface area (Å²) >= 11 is 0. The lowest BCUT2D eigenvalue weighted by molar-refractivity contribution is 0.0697. The van der Waals surface area contributed by atoms with E-state index in [4.69, 9.17) is 9.84 Å². The molecule has 0 aliphatic heterocycles. The lowest BCUT2D eigenvalue weighted by Gasteiger charge is -2.10. The zero-order valence-corrected chi connectivity index (χ0v) is 13.8. The normalized spacial score (nSPS) is 10.4. The molecule has 3 aromatic rings. The van der Waals surface area contributed by atoms with E-state index in [1.54, 1.807) is 18.3 Å². The van der Waals surface area contributed by atoms with Gasteiger partial charge < -0.3 is 9.84 Å².